The van der Waals surface area contributed by atoms with E-state index in [-0.39, 0.29) is 29.8 Å². The molecule has 0 aromatic heterocycles. The van der Waals surface area contributed by atoms with Gasteiger partial charge >= 0.3 is 12.4 Å². The van der Waals surface area contributed by atoms with Crippen molar-refractivity contribution in [2.75, 3.05) is 18.0 Å². The second-order valence-corrected chi connectivity index (χ2v) is 7.53. The number of rotatable bonds is 4. The van der Waals surface area contributed by atoms with E-state index in [1.165, 1.54) is 29.2 Å². The Labute approximate surface area is 175 Å². The van der Waals surface area contributed by atoms with Crippen molar-refractivity contribution in [2.24, 2.45) is 0 Å². The van der Waals surface area contributed by atoms with E-state index in [0.717, 1.165) is 0 Å². The number of urea groups is 1. The van der Waals surface area contributed by atoms with Crippen LogP contribution in [0.2, 0.25) is 5.02 Å². The van der Waals surface area contributed by atoms with Gasteiger partial charge < -0.3 is 15.0 Å². The van der Waals surface area contributed by atoms with Gasteiger partial charge in [-0.2, -0.15) is 0 Å². The molecule has 2 heterocycles. The molecule has 2 saturated heterocycles. The van der Waals surface area contributed by atoms with Gasteiger partial charge in [-0.25, -0.2) is 4.79 Å². The van der Waals surface area contributed by atoms with Gasteiger partial charge in [0.25, 0.3) is 5.91 Å². The van der Waals surface area contributed by atoms with Gasteiger partial charge in [0.2, 0.25) is 0 Å². The highest BCUT2D eigenvalue weighted by Crippen LogP contribution is 2.32. The topological polar surface area (TPSA) is 61.9 Å². The molecule has 0 bridgehead atoms. The molecule has 2 fully saturated rings. The highest BCUT2D eigenvalue weighted by molar-refractivity contribution is 6.33. The molecule has 158 valence electrons. The lowest BCUT2D eigenvalue weighted by Gasteiger charge is -2.20. The van der Waals surface area contributed by atoms with Crippen LogP contribution in [0.4, 0.5) is 23.7 Å². The highest BCUT2D eigenvalue weighted by Gasteiger charge is 2.45. The molecule has 10 heteroatoms. The number of nitrogens with zero attached hydrogens (tertiary/aromatic N) is 2. The number of nitrogens with one attached hydrogen (secondary N) is 1. The van der Waals surface area contributed by atoms with Crippen LogP contribution < -0.4 is 15.0 Å². The Morgan fingerprint density at radius 1 is 1.10 bits per heavy atom. The number of carbonyl (C=O) groups is 2. The average molecular weight is 440 g/mol. The van der Waals surface area contributed by atoms with Gasteiger partial charge in [-0.15, -0.1) is 13.2 Å². The van der Waals surface area contributed by atoms with Crippen molar-refractivity contribution >= 4 is 29.2 Å². The highest BCUT2D eigenvalue weighted by atomic mass is 35.5. The van der Waals surface area contributed by atoms with Crippen LogP contribution in [0.15, 0.2) is 48.5 Å². The number of alkyl halides is 3. The minimum absolute atomic E-state index is 0.0971. The van der Waals surface area contributed by atoms with E-state index in [1.54, 1.807) is 29.2 Å². The second kappa shape index (κ2) is 7.71. The predicted molar refractivity (Wildman–Crippen MR) is 104 cm³/mol. The molecule has 1 N–H and O–H groups in total. The Bertz CT molecular complexity index is 968. The maximum absolute atomic E-state index is 12.8. The molecule has 30 heavy (non-hydrogen) atoms. The number of halogens is 4. The van der Waals surface area contributed by atoms with Crippen molar-refractivity contribution in [3.63, 3.8) is 0 Å². The third-order valence-corrected chi connectivity index (χ3v) is 5.45. The lowest BCUT2D eigenvalue weighted by Crippen LogP contribution is -2.40. The molecule has 0 saturated carbocycles. The number of benzene rings is 2. The molecule has 4 rings (SSSR count). The molecule has 2 aromatic rings. The summed E-state index contributed by atoms with van der Waals surface area (Å²) in [7, 11) is 0. The molecular formula is C20H17ClF3N3O3. The monoisotopic (exact) mass is 439 g/mol. The van der Waals surface area contributed by atoms with Gasteiger partial charge in [-0.3, -0.25) is 9.69 Å². The number of fused-ring (bicyclic) bond motifs is 1. The Morgan fingerprint density at radius 3 is 2.43 bits per heavy atom. The first-order valence-corrected chi connectivity index (χ1v) is 9.58. The van der Waals surface area contributed by atoms with Gasteiger partial charge in [0.05, 0.1) is 16.6 Å². The second-order valence-electron chi connectivity index (χ2n) is 7.13. The number of carbonyl (C=O) groups excluding carboxylic acids is 2. The van der Waals surface area contributed by atoms with Gasteiger partial charge in [0.1, 0.15) is 5.75 Å². The van der Waals surface area contributed by atoms with Gasteiger partial charge in [0.15, 0.2) is 0 Å². The average Bonchev–Trinajstić information content (AvgIpc) is 3.20. The summed E-state index contributed by atoms with van der Waals surface area (Å²) in [6.07, 6.45) is -4.19. The van der Waals surface area contributed by atoms with Gasteiger partial charge in [-0.1, -0.05) is 23.7 Å². The van der Waals surface area contributed by atoms with Gasteiger partial charge in [0, 0.05) is 24.8 Å². The van der Waals surface area contributed by atoms with Crippen molar-refractivity contribution in [3.05, 3.63) is 59.1 Å². The molecule has 0 radical (unpaired) electrons. The summed E-state index contributed by atoms with van der Waals surface area (Å²) in [5.41, 5.74) is 0.862. The summed E-state index contributed by atoms with van der Waals surface area (Å²) >= 11 is 6.05. The molecule has 3 amide bonds. The van der Waals surface area contributed by atoms with Crippen molar-refractivity contribution in [1.29, 1.82) is 0 Å². The first-order valence-electron chi connectivity index (χ1n) is 9.20. The van der Waals surface area contributed by atoms with E-state index in [0.29, 0.717) is 35.8 Å². The zero-order chi connectivity index (χ0) is 21.5. The fraction of sp³-hybridized carbons (Fsp3) is 0.300. The summed E-state index contributed by atoms with van der Waals surface area (Å²) in [5, 5.41) is 3.27. The van der Waals surface area contributed by atoms with E-state index in [4.69, 9.17) is 11.6 Å². The van der Waals surface area contributed by atoms with Crippen molar-refractivity contribution in [1.82, 2.24) is 10.2 Å². The van der Waals surface area contributed by atoms with E-state index in [2.05, 4.69) is 10.1 Å². The summed E-state index contributed by atoms with van der Waals surface area (Å²) in [6, 6.07) is 11.3. The summed E-state index contributed by atoms with van der Waals surface area (Å²) < 4.78 is 40.7. The standard InChI is InChI=1S/C20H17ClF3N3O3/c21-17-4-2-1-3-16(17)18(28)25-12-9-14-11-27(19(29)26(14)10-12)13-5-7-15(8-6-13)30-20(22,23)24/h1-8,12,14H,9-11H2,(H,25,28)/t12-,14+/m1/s1. The third-order valence-electron chi connectivity index (χ3n) is 5.12. The quantitative estimate of drug-likeness (QED) is 0.781. The number of anilines is 1. The van der Waals surface area contributed by atoms with Crippen LogP contribution in [-0.4, -0.2) is 48.4 Å². The Hall–Kier alpha value is -2.94. The molecule has 2 aromatic carbocycles. The molecule has 2 aliphatic rings. The SMILES string of the molecule is O=C(N[C@@H]1C[C@H]2CN(c3ccc(OC(F)(F)F)cc3)C(=O)N2C1)c1ccccc1Cl. The summed E-state index contributed by atoms with van der Waals surface area (Å²) in [5.74, 6) is -0.642. The number of hydrogen-bond donors (Lipinski definition) is 1. The fourth-order valence-corrected chi connectivity index (χ4v) is 4.05. The number of ether oxygens (including phenoxy) is 1. The molecule has 0 aliphatic carbocycles. The van der Waals surface area contributed by atoms with Crippen LogP contribution in [0.25, 0.3) is 0 Å². The van der Waals surface area contributed by atoms with Crippen LogP contribution in [0.3, 0.4) is 0 Å². The molecule has 0 spiro atoms. The largest absolute Gasteiger partial charge is 0.573 e. The first-order chi connectivity index (χ1) is 14.2. The van der Waals surface area contributed by atoms with Crippen molar-refractivity contribution in [2.45, 2.75) is 24.9 Å². The molecule has 2 aliphatic heterocycles. The van der Waals surface area contributed by atoms with E-state index in [9.17, 15) is 22.8 Å². The summed E-state index contributed by atoms with van der Waals surface area (Å²) in [6.45, 7) is 0.738. The van der Waals surface area contributed by atoms with Crippen LogP contribution >= 0.6 is 11.6 Å². The van der Waals surface area contributed by atoms with Crippen LogP contribution in [-0.2, 0) is 0 Å². The molecule has 6 nitrogen and oxygen atoms in total. The van der Waals surface area contributed by atoms with E-state index < -0.39 is 6.36 Å². The van der Waals surface area contributed by atoms with Crippen LogP contribution in [0.1, 0.15) is 16.8 Å². The fourth-order valence-electron chi connectivity index (χ4n) is 3.82. The van der Waals surface area contributed by atoms with Crippen molar-refractivity contribution in [3.8, 4) is 5.75 Å². The minimum atomic E-state index is -4.77. The summed E-state index contributed by atoms with van der Waals surface area (Å²) in [4.78, 5) is 28.4. The van der Waals surface area contributed by atoms with Crippen molar-refractivity contribution < 1.29 is 27.5 Å². The zero-order valence-electron chi connectivity index (χ0n) is 15.5. The molecular weight excluding hydrogens is 423 g/mol. The zero-order valence-corrected chi connectivity index (χ0v) is 16.3. The van der Waals surface area contributed by atoms with Gasteiger partial charge in [-0.05, 0) is 42.8 Å². The Balaban J connectivity index is 1.37. The molecule has 0 unspecified atom stereocenters. The Kier molecular flexibility index (Phi) is 5.23. The minimum Gasteiger partial charge on any atom is -0.406 e. The van der Waals surface area contributed by atoms with E-state index >= 15 is 0 Å². The normalized spacial score (nSPS) is 21.0. The third kappa shape index (κ3) is 4.16. The lowest BCUT2D eigenvalue weighted by molar-refractivity contribution is -0.274. The maximum atomic E-state index is 12.8. The number of amides is 3. The number of hydrogen-bond acceptors (Lipinski definition) is 3. The maximum Gasteiger partial charge on any atom is 0.573 e. The van der Waals surface area contributed by atoms with E-state index in [1.807, 2.05) is 0 Å². The first kappa shape index (κ1) is 20.3. The predicted octanol–water partition coefficient (Wildman–Crippen LogP) is 4.05. The smallest absolute Gasteiger partial charge is 0.406 e. The van der Waals surface area contributed by atoms with Crippen LogP contribution in [0.5, 0.6) is 5.75 Å². The van der Waals surface area contributed by atoms with Crippen LogP contribution in [0, 0.1) is 0 Å². The lowest BCUT2D eigenvalue weighted by atomic mass is 10.1. The molecule has 2 atom stereocenters. The Morgan fingerprint density at radius 2 is 1.80 bits per heavy atom.